The van der Waals surface area contributed by atoms with Crippen LogP contribution in [-0.4, -0.2) is 33.9 Å². The number of aryl methyl sites for hydroxylation is 1. The molecule has 1 N–H and O–H groups in total. The van der Waals surface area contributed by atoms with Crippen molar-refractivity contribution in [1.29, 1.82) is 0 Å². The molecule has 0 spiro atoms. The van der Waals surface area contributed by atoms with Crippen molar-refractivity contribution in [3.05, 3.63) is 63.8 Å². The van der Waals surface area contributed by atoms with Gasteiger partial charge in [-0.1, -0.05) is 44.2 Å². The van der Waals surface area contributed by atoms with E-state index in [-0.39, 0.29) is 17.9 Å². The molecule has 1 aliphatic rings. The molecule has 1 aliphatic heterocycles. The number of hydrogen-bond acceptors (Lipinski definition) is 3. The highest BCUT2D eigenvalue weighted by Crippen LogP contribution is 2.27. The van der Waals surface area contributed by atoms with Gasteiger partial charge in [-0.3, -0.25) is 9.59 Å². The quantitative estimate of drug-likeness (QED) is 0.933. The smallest absolute Gasteiger partial charge is 0.254 e. The average molecular weight is 341 g/mol. The molecule has 0 saturated carbocycles. The number of likely N-dealkylation sites (tertiary alicyclic amines) is 1. The van der Waals surface area contributed by atoms with E-state index >= 15 is 0 Å². The Labute approximate surface area is 149 Å². The van der Waals surface area contributed by atoms with Crippen LogP contribution in [0, 0.1) is 6.92 Å². The second-order valence-corrected chi connectivity index (χ2v) is 6.07. The fourth-order valence-electron chi connectivity index (χ4n) is 3.10. The van der Waals surface area contributed by atoms with E-state index in [0.717, 1.165) is 25.9 Å². The highest BCUT2D eigenvalue weighted by atomic mass is 16.2. The zero-order chi connectivity index (χ0) is 18.2. The molecular formula is C20H27N3O2. The van der Waals surface area contributed by atoms with Crippen molar-refractivity contribution < 1.29 is 4.79 Å². The van der Waals surface area contributed by atoms with Crippen LogP contribution in [0.2, 0.25) is 0 Å². The molecule has 1 fully saturated rings. The fourth-order valence-corrected chi connectivity index (χ4v) is 3.10. The molecule has 5 nitrogen and oxygen atoms in total. The largest absolute Gasteiger partial charge is 0.342 e. The third-order valence-corrected chi connectivity index (χ3v) is 4.46. The number of nitrogens with zero attached hydrogens (tertiary/aromatic N) is 2. The third-order valence-electron chi connectivity index (χ3n) is 4.46. The second-order valence-electron chi connectivity index (χ2n) is 6.07. The highest BCUT2D eigenvalue weighted by molar-refractivity contribution is 5.78. The van der Waals surface area contributed by atoms with Crippen LogP contribution in [0.1, 0.15) is 49.6 Å². The van der Waals surface area contributed by atoms with Gasteiger partial charge in [-0.25, -0.2) is 4.98 Å². The van der Waals surface area contributed by atoms with Crippen molar-refractivity contribution in [1.82, 2.24) is 14.9 Å². The van der Waals surface area contributed by atoms with E-state index in [4.69, 9.17) is 0 Å². The molecule has 0 atom stereocenters. The number of rotatable bonds is 3. The van der Waals surface area contributed by atoms with Crippen LogP contribution in [0.15, 0.2) is 41.3 Å². The number of amides is 1. The van der Waals surface area contributed by atoms with Gasteiger partial charge in [0.15, 0.2) is 0 Å². The first-order valence-electron chi connectivity index (χ1n) is 9.01. The molecule has 0 aliphatic carbocycles. The van der Waals surface area contributed by atoms with Crippen LogP contribution >= 0.6 is 0 Å². The molecule has 2 aromatic rings. The van der Waals surface area contributed by atoms with Crippen LogP contribution in [0.5, 0.6) is 0 Å². The summed E-state index contributed by atoms with van der Waals surface area (Å²) in [4.78, 5) is 32.8. The Morgan fingerprint density at radius 3 is 2.44 bits per heavy atom. The van der Waals surface area contributed by atoms with Gasteiger partial charge in [-0.2, -0.15) is 0 Å². The lowest BCUT2D eigenvalue weighted by atomic mass is 9.89. The number of carbonyl (C=O) groups excluding carboxylic acids is 1. The van der Waals surface area contributed by atoms with E-state index < -0.39 is 0 Å². The molecule has 0 bridgehead atoms. The number of aromatic amines is 1. The van der Waals surface area contributed by atoms with Gasteiger partial charge in [0.05, 0.1) is 6.42 Å². The summed E-state index contributed by atoms with van der Waals surface area (Å²) < 4.78 is 0. The Bertz CT molecular complexity index is 732. The predicted molar refractivity (Wildman–Crippen MR) is 99.6 cm³/mol. The van der Waals surface area contributed by atoms with E-state index in [9.17, 15) is 9.59 Å². The summed E-state index contributed by atoms with van der Waals surface area (Å²) in [6, 6.07) is 10.4. The first-order chi connectivity index (χ1) is 12.1. The summed E-state index contributed by atoms with van der Waals surface area (Å²) in [5.74, 6) is 1.09. The maximum absolute atomic E-state index is 12.4. The van der Waals surface area contributed by atoms with Gasteiger partial charge in [-0.15, -0.1) is 0 Å². The normalized spacial score (nSPS) is 14.6. The van der Waals surface area contributed by atoms with E-state index in [1.165, 1.54) is 11.8 Å². The number of H-pyrrole nitrogens is 1. The molecule has 0 radical (unpaired) electrons. The molecule has 1 aromatic heterocycles. The second kappa shape index (κ2) is 9.16. The van der Waals surface area contributed by atoms with Gasteiger partial charge >= 0.3 is 0 Å². The van der Waals surface area contributed by atoms with Crippen LogP contribution in [0.3, 0.4) is 0 Å². The van der Waals surface area contributed by atoms with E-state index in [1.54, 1.807) is 6.92 Å². The Kier molecular flexibility index (Phi) is 6.92. The number of aromatic nitrogens is 2. The van der Waals surface area contributed by atoms with Crippen molar-refractivity contribution in [2.24, 2.45) is 0 Å². The lowest BCUT2D eigenvalue weighted by Crippen LogP contribution is -2.39. The maximum atomic E-state index is 12.4. The number of carbonyl (C=O) groups is 1. The van der Waals surface area contributed by atoms with Crippen molar-refractivity contribution in [2.75, 3.05) is 13.1 Å². The molecule has 5 heteroatoms. The predicted octanol–water partition coefficient (Wildman–Crippen LogP) is 3.05. The molecule has 3 rings (SSSR count). The lowest BCUT2D eigenvalue weighted by molar-refractivity contribution is -0.131. The van der Waals surface area contributed by atoms with Crippen LogP contribution < -0.4 is 5.56 Å². The molecule has 25 heavy (non-hydrogen) atoms. The summed E-state index contributed by atoms with van der Waals surface area (Å²) in [7, 11) is 0. The lowest BCUT2D eigenvalue weighted by Gasteiger charge is -2.32. The zero-order valence-electron chi connectivity index (χ0n) is 15.3. The van der Waals surface area contributed by atoms with Gasteiger partial charge in [0.25, 0.3) is 5.56 Å². The Morgan fingerprint density at radius 1 is 1.20 bits per heavy atom. The van der Waals surface area contributed by atoms with Crippen molar-refractivity contribution in [2.45, 2.75) is 46.0 Å². The molecular weight excluding hydrogens is 314 g/mol. The van der Waals surface area contributed by atoms with E-state index in [0.29, 0.717) is 17.3 Å². The van der Waals surface area contributed by atoms with Crippen molar-refractivity contribution in [3.8, 4) is 0 Å². The zero-order valence-corrected chi connectivity index (χ0v) is 15.3. The van der Waals surface area contributed by atoms with E-state index in [2.05, 4.69) is 34.2 Å². The summed E-state index contributed by atoms with van der Waals surface area (Å²) >= 11 is 0. The van der Waals surface area contributed by atoms with Crippen molar-refractivity contribution in [3.63, 3.8) is 0 Å². The summed E-state index contributed by atoms with van der Waals surface area (Å²) in [6.07, 6.45) is 3.57. The molecule has 2 heterocycles. The van der Waals surface area contributed by atoms with Crippen molar-refractivity contribution >= 4 is 5.91 Å². The summed E-state index contributed by atoms with van der Waals surface area (Å²) in [6.45, 7) is 7.21. The minimum Gasteiger partial charge on any atom is -0.342 e. The molecule has 134 valence electrons. The van der Waals surface area contributed by atoms with Gasteiger partial charge in [0, 0.05) is 24.8 Å². The molecule has 1 amide bonds. The van der Waals surface area contributed by atoms with Gasteiger partial charge in [-0.05, 0) is 31.2 Å². The SMILES string of the molecule is CC.Cc1ncc(CC(=O)N2CCC(c3ccccc3)CC2)c(=O)[nH]1. The number of hydrogen-bond donors (Lipinski definition) is 1. The minimum atomic E-state index is -0.218. The first-order valence-corrected chi connectivity index (χ1v) is 9.01. The molecule has 0 unspecified atom stereocenters. The topological polar surface area (TPSA) is 66.1 Å². The van der Waals surface area contributed by atoms with E-state index in [1.807, 2.05) is 24.8 Å². The van der Waals surface area contributed by atoms with Crippen LogP contribution in [0.25, 0.3) is 0 Å². The van der Waals surface area contributed by atoms with Gasteiger partial charge in [0.2, 0.25) is 5.91 Å². The molecule has 1 aromatic carbocycles. The number of nitrogens with one attached hydrogen (secondary N) is 1. The first kappa shape index (κ1) is 18.9. The fraction of sp³-hybridized carbons (Fsp3) is 0.450. The van der Waals surface area contributed by atoms with Crippen LogP contribution in [0.4, 0.5) is 0 Å². The number of benzene rings is 1. The average Bonchev–Trinajstić information content (AvgIpc) is 2.66. The third kappa shape index (κ3) is 5.02. The summed E-state index contributed by atoms with van der Waals surface area (Å²) in [5, 5.41) is 0. The van der Waals surface area contributed by atoms with Gasteiger partial charge in [0.1, 0.15) is 5.82 Å². The standard InChI is InChI=1S/C18H21N3O2.C2H6/c1-13-19-12-16(18(23)20-13)11-17(22)21-9-7-15(8-10-21)14-5-3-2-4-6-14;1-2/h2-6,12,15H,7-11H2,1H3,(H,19,20,23);1-2H3. The Morgan fingerprint density at radius 2 is 1.84 bits per heavy atom. The Balaban J connectivity index is 0.00000109. The van der Waals surface area contributed by atoms with Gasteiger partial charge < -0.3 is 9.88 Å². The number of piperidine rings is 1. The highest BCUT2D eigenvalue weighted by Gasteiger charge is 2.24. The van der Waals surface area contributed by atoms with Crippen LogP contribution in [-0.2, 0) is 11.2 Å². The monoisotopic (exact) mass is 341 g/mol. The molecule has 1 saturated heterocycles. The Hall–Kier alpha value is -2.43. The summed E-state index contributed by atoms with van der Waals surface area (Å²) in [5.41, 5.74) is 1.56. The maximum Gasteiger partial charge on any atom is 0.254 e. The minimum absolute atomic E-state index is 0.00710.